The van der Waals surface area contributed by atoms with E-state index in [-0.39, 0.29) is 18.2 Å². The zero-order valence-corrected chi connectivity index (χ0v) is 12.1. The van der Waals surface area contributed by atoms with Crippen LogP contribution >= 0.6 is 0 Å². The number of nitrogens with two attached hydrogens (primary N) is 1. The molecule has 0 saturated carbocycles. The van der Waals surface area contributed by atoms with E-state index in [0.717, 1.165) is 4.31 Å². The predicted molar refractivity (Wildman–Crippen MR) is 74.8 cm³/mol. The van der Waals surface area contributed by atoms with Gasteiger partial charge in [-0.05, 0) is 17.7 Å². The first-order valence-electron chi connectivity index (χ1n) is 5.71. The van der Waals surface area contributed by atoms with Crippen molar-refractivity contribution in [1.82, 2.24) is 9.21 Å². The van der Waals surface area contributed by atoms with Gasteiger partial charge in [-0.15, -0.1) is 0 Å². The molecule has 19 heavy (non-hydrogen) atoms. The number of benzene rings is 1. The molecule has 0 bridgehead atoms. The first-order chi connectivity index (χ1) is 8.72. The molecule has 0 aromatic heterocycles. The largest absolute Gasteiger partial charge is 0.399 e. The van der Waals surface area contributed by atoms with Crippen LogP contribution < -0.4 is 5.73 Å². The number of sulfonamides is 1. The summed E-state index contributed by atoms with van der Waals surface area (Å²) in [6.45, 7) is -0.162. The number of likely N-dealkylation sites (N-methyl/N-ethyl adjacent to an activating group) is 2. The number of carbonyl (C=O) groups excluding carboxylic acids is 1. The Labute approximate surface area is 113 Å². The lowest BCUT2D eigenvalue weighted by molar-refractivity contribution is -0.128. The van der Waals surface area contributed by atoms with E-state index >= 15 is 0 Å². The van der Waals surface area contributed by atoms with E-state index < -0.39 is 10.0 Å². The molecular weight excluding hydrogens is 266 g/mol. The lowest BCUT2D eigenvalue weighted by atomic mass is 10.2. The minimum Gasteiger partial charge on any atom is -0.399 e. The van der Waals surface area contributed by atoms with Crippen LogP contribution in [0.15, 0.2) is 24.3 Å². The number of carbonyl (C=O) groups is 1. The Balaban J connectivity index is 2.75. The minimum absolute atomic E-state index is 0.148. The van der Waals surface area contributed by atoms with Crippen LogP contribution in [0.2, 0.25) is 0 Å². The number of hydrogen-bond acceptors (Lipinski definition) is 4. The molecule has 0 aliphatic rings. The Hall–Kier alpha value is -1.60. The van der Waals surface area contributed by atoms with Crippen LogP contribution in [0.3, 0.4) is 0 Å². The Bertz CT molecular complexity index is 538. The number of rotatable bonds is 5. The van der Waals surface area contributed by atoms with Crippen LogP contribution in [0.4, 0.5) is 5.69 Å². The van der Waals surface area contributed by atoms with Crippen molar-refractivity contribution in [2.75, 3.05) is 33.4 Å². The quantitative estimate of drug-likeness (QED) is 0.779. The Kier molecular flexibility index (Phi) is 4.90. The third-order valence-electron chi connectivity index (χ3n) is 2.66. The van der Waals surface area contributed by atoms with Gasteiger partial charge < -0.3 is 10.6 Å². The summed E-state index contributed by atoms with van der Waals surface area (Å²) < 4.78 is 25.2. The lowest BCUT2D eigenvalue weighted by Gasteiger charge is -2.19. The average Bonchev–Trinajstić information content (AvgIpc) is 2.31. The second-order valence-electron chi connectivity index (χ2n) is 4.54. The van der Waals surface area contributed by atoms with E-state index in [1.807, 2.05) is 0 Å². The van der Waals surface area contributed by atoms with Crippen molar-refractivity contribution in [2.24, 2.45) is 0 Å². The summed E-state index contributed by atoms with van der Waals surface area (Å²) >= 11 is 0. The summed E-state index contributed by atoms with van der Waals surface area (Å²) in [6, 6.07) is 6.62. The van der Waals surface area contributed by atoms with Crippen LogP contribution in [0.25, 0.3) is 0 Å². The minimum atomic E-state index is -3.51. The number of anilines is 1. The van der Waals surface area contributed by atoms with E-state index in [4.69, 9.17) is 5.73 Å². The third kappa shape index (κ3) is 4.53. The highest BCUT2D eigenvalue weighted by molar-refractivity contribution is 7.88. The molecule has 7 heteroatoms. The fourth-order valence-electron chi connectivity index (χ4n) is 1.36. The van der Waals surface area contributed by atoms with Gasteiger partial charge in [0.1, 0.15) is 0 Å². The molecule has 2 N–H and O–H groups in total. The molecule has 0 aliphatic carbocycles. The molecule has 6 nitrogen and oxygen atoms in total. The maximum Gasteiger partial charge on any atom is 0.237 e. The first-order valence-corrected chi connectivity index (χ1v) is 7.32. The highest BCUT2D eigenvalue weighted by Crippen LogP contribution is 2.11. The van der Waals surface area contributed by atoms with Crippen molar-refractivity contribution < 1.29 is 13.2 Å². The average molecular weight is 285 g/mol. The lowest BCUT2D eigenvalue weighted by Crippen LogP contribution is -2.38. The summed E-state index contributed by atoms with van der Waals surface area (Å²) in [6.07, 6.45) is 0. The highest BCUT2D eigenvalue weighted by Gasteiger charge is 2.21. The molecule has 0 atom stereocenters. The van der Waals surface area contributed by atoms with Gasteiger partial charge in [-0.25, -0.2) is 8.42 Å². The van der Waals surface area contributed by atoms with Crippen LogP contribution in [0.1, 0.15) is 5.56 Å². The van der Waals surface area contributed by atoms with Crippen LogP contribution in [-0.4, -0.2) is 51.2 Å². The zero-order valence-electron chi connectivity index (χ0n) is 11.3. The second kappa shape index (κ2) is 6.03. The summed E-state index contributed by atoms with van der Waals surface area (Å²) in [5, 5.41) is 0. The Morgan fingerprint density at radius 2 is 1.68 bits per heavy atom. The molecule has 0 unspecified atom stereocenters. The number of amides is 1. The predicted octanol–water partition coefficient (Wildman–Crippen LogP) is 0.119. The van der Waals surface area contributed by atoms with E-state index in [2.05, 4.69) is 0 Å². The van der Waals surface area contributed by atoms with Crippen molar-refractivity contribution in [2.45, 2.75) is 5.75 Å². The van der Waals surface area contributed by atoms with Crippen LogP contribution in [0, 0.1) is 0 Å². The van der Waals surface area contributed by atoms with Gasteiger partial charge in [0.05, 0.1) is 12.3 Å². The van der Waals surface area contributed by atoms with Crippen molar-refractivity contribution in [3.63, 3.8) is 0 Å². The van der Waals surface area contributed by atoms with Crippen LogP contribution in [0.5, 0.6) is 0 Å². The monoisotopic (exact) mass is 285 g/mol. The molecule has 1 aromatic rings. The summed E-state index contributed by atoms with van der Waals surface area (Å²) in [4.78, 5) is 12.9. The van der Waals surface area contributed by atoms with E-state index in [1.54, 1.807) is 38.4 Å². The maximum atomic E-state index is 12.1. The van der Waals surface area contributed by atoms with Gasteiger partial charge in [0.2, 0.25) is 15.9 Å². The molecule has 0 fully saturated rings. The first kappa shape index (κ1) is 15.5. The van der Waals surface area contributed by atoms with Crippen molar-refractivity contribution >= 4 is 21.6 Å². The van der Waals surface area contributed by atoms with Gasteiger partial charge in [-0.3, -0.25) is 4.79 Å². The van der Waals surface area contributed by atoms with Crippen LogP contribution in [-0.2, 0) is 20.6 Å². The summed E-state index contributed by atoms with van der Waals surface area (Å²) in [5.74, 6) is -0.409. The SMILES string of the molecule is CN(C)C(=O)CN(C)S(=O)(=O)Cc1ccc(N)cc1. The fourth-order valence-corrected chi connectivity index (χ4v) is 2.51. The fraction of sp³-hybridized carbons (Fsp3) is 0.417. The van der Waals surface area contributed by atoms with Gasteiger partial charge in [-0.2, -0.15) is 4.31 Å². The van der Waals surface area contributed by atoms with Gasteiger partial charge >= 0.3 is 0 Å². The van der Waals surface area contributed by atoms with E-state index in [1.165, 1.54) is 11.9 Å². The molecule has 0 heterocycles. The molecule has 1 aromatic carbocycles. The van der Waals surface area contributed by atoms with Gasteiger partial charge in [-0.1, -0.05) is 12.1 Å². The molecular formula is C12H19N3O3S. The van der Waals surface area contributed by atoms with Gasteiger partial charge in [0.25, 0.3) is 0 Å². The topological polar surface area (TPSA) is 83.7 Å². The third-order valence-corrected chi connectivity index (χ3v) is 4.44. The van der Waals surface area contributed by atoms with Gasteiger partial charge in [0, 0.05) is 26.8 Å². The number of nitrogens with zero attached hydrogens (tertiary/aromatic N) is 2. The molecule has 0 aliphatic heterocycles. The molecule has 1 rings (SSSR count). The molecule has 0 radical (unpaired) electrons. The molecule has 1 amide bonds. The van der Waals surface area contributed by atoms with Crippen molar-refractivity contribution in [3.8, 4) is 0 Å². The number of nitrogen functional groups attached to an aromatic ring is 1. The smallest absolute Gasteiger partial charge is 0.237 e. The highest BCUT2D eigenvalue weighted by atomic mass is 32.2. The Morgan fingerprint density at radius 3 is 2.16 bits per heavy atom. The van der Waals surface area contributed by atoms with E-state index in [9.17, 15) is 13.2 Å². The second-order valence-corrected chi connectivity index (χ2v) is 6.62. The van der Waals surface area contributed by atoms with Crippen molar-refractivity contribution in [1.29, 1.82) is 0 Å². The maximum absolute atomic E-state index is 12.1. The number of hydrogen-bond donors (Lipinski definition) is 1. The molecule has 0 saturated heterocycles. The zero-order chi connectivity index (χ0) is 14.6. The molecule has 106 valence electrons. The summed E-state index contributed by atoms with van der Waals surface area (Å²) in [5.41, 5.74) is 6.76. The van der Waals surface area contributed by atoms with Gasteiger partial charge in [0.15, 0.2) is 0 Å². The normalized spacial score (nSPS) is 11.6. The van der Waals surface area contributed by atoms with Crippen molar-refractivity contribution in [3.05, 3.63) is 29.8 Å². The standard InChI is InChI=1S/C12H19N3O3S/c1-14(2)12(16)8-15(3)19(17,18)9-10-4-6-11(13)7-5-10/h4-7H,8-9,13H2,1-3H3. The summed E-state index contributed by atoms with van der Waals surface area (Å²) in [7, 11) is 1.06. The van der Waals surface area contributed by atoms with E-state index in [0.29, 0.717) is 11.3 Å². The molecule has 0 spiro atoms. The Morgan fingerprint density at radius 1 is 1.16 bits per heavy atom.